The highest BCUT2D eigenvalue weighted by Gasteiger charge is 2.10. The quantitative estimate of drug-likeness (QED) is 0.652. The van der Waals surface area contributed by atoms with E-state index in [1.165, 1.54) is 6.92 Å². The third kappa shape index (κ3) is 5.24. The van der Waals surface area contributed by atoms with Crippen molar-refractivity contribution in [3.8, 4) is 5.75 Å². The molecule has 2 amide bonds. The van der Waals surface area contributed by atoms with Crippen LogP contribution in [-0.2, 0) is 9.59 Å². The zero-order valence-electron chi connectivity index (χ0n) is 13.5. The SMILES string of the molecule is CC(=O)Nc1ccc(C(=O)NCC(=O)Oc2cccc(C)c2)cc1. The minimum absolute atomic E-state index is 0.189. The molecule has 0 aromatic heterocycles. The number of hydrogen-bond donors (Lipinski definition) is 2. The monoisotopic (exact) mass is 326 g/mol. The van der Waals surface area contributed by atoms with Crippen LogP contribution < -0.4 is 15.4 Å². The lowest BCUT2D eigenvalue weighted by Gasteiger charge is -2.07. The first-order valence-corrected chi connectivity index (χ1v) is 7.37. The number of carbonyl (C=O) groups is 3. The normalized spacial score (nSPS) is 9.92. The number of hydrogen-bond acceptors (Lipinski definition) is 4. The van der Waals surface area contributed by atoms with Crippen LogP contribution >= 0.6 is 0 Å². The molecule has 2 N–H and O–H groups in total. The number of benzene rings is 2. The molecule has 2 aromatic carbocycles. The Labute approximate surface area is 139 Å². The van der Waals surface area contributed by atoms with Gasteiger partial charge in [-0.3, -0.25) is 9.59 Å². The van der Waals surface area contributed by atoms with Crippen LogP contribution in [-0.4, -0.2) is 24.3 Å². The lowest BCUT2D eigenvalue weighted by atomic mass is 10.2. The third-order valence-corrected chi connectivity index (χ3v) is 3.08. The van der Waals surface area contributed by atoms with Crippen LogP contribution in [0.3, 0.4) is 0 Å². The van der Waals surface area contributed by atoms with E-state index in [1.807, 2.05) is 13.0 Å². The Bertz CT molecular complexity index is 754. The molecule has 0 bridgehead atoms. The van der Waals surface area contributed by atoms with Crippen LogP contribution in [0.25, 0.3) is 0 Å². The number of amides is 2. The molecule has 0 atom stereocenters. The number of esters is 1. The molecule has 24 heavy (non-hydrogen) atoms. The second-order valence-electron chi connectivity index (χ2n) is 5.23. The number of rotatable bonds is 5. The number of anilines is 1. The Morgan fingerprint density at radius 1 is 1.04 bits per heavy atom. The molecule has 6 heteroatoms. The Morgan fingerprint density at radius 2 is 1.75 bits per heavy atom. The van der Waals surface area contributed by atoms with E-state index in [0.29, 0.717) is 17.0 Å². The summed E-state index contributed by atoms with van der Waals surface area (Å²) in [5.41, 5.74) is 1.95. The first kappa shape index (κ1) is 17.2. The highest BCUT2D eigenvalue weighted by Crippen LogP contribution is 2.12. The van der Waals surface area contributed by atoms with Crippen LogP contribution in [0.4, 0.5) is 5.69 Å². The molecule has 0 heterocycles. The maximum atomic E-state index is 12.0. The van der Waals surface area contributed by atoms with E-state index in [1.54, 1.807) is 42.5 Å². The number of ether oxygens (including phenoxy) is 1. The van der Waals surface area contributed by atoms with E-state index < -0.39 is 11.9 Å². The van der Waals surface area contributed by atoms with Crippen LogP contribution in [0.1, 0.15) is 22.8 Å². The van der Waals surface area contributed by atoms with Gasteiger partial charge < -0.3 is 15.4 Å². The van der Waals surface area contributed by atoms with Crippen molar-refractivity contribution in [3.05, 3.63) is 59.7 Å². The highest BCUT2D eigenvalue weighted by atomic mass is 16.5. The number of aryl methyl sites for hydroxylation is 1. The molecule has 0 unspecified atom stereocenters. The number of carbonyl (C=O) groups excluding carboxylic acids is 3. The topological polar surface area (TPSA) is 84.5 Å². The standard InChI is InChI=1S/C18H18N2O4/c1-12-4-3-5-16(10-12)24-17(22)11-19-18(23)14-6-8-15(9-7-14)20-13(2)21/h3-10H,11H2,1-2H3,(H,19,23)(H,20,21). The predicted octanol–water partition coefficient (Wildman–Crippen LogP) is 2.29. The lowest BCUT2D eigenvalue weighted by molar-refractivity contribution is -0.133. The van der Waals surface area contributed by atoms with Gasteiger partial charge in [-0.1, -0.05) is 12.1 Å². The van der Waals surface area contributed by atoms with Gasteiger partial charge >= 0.3 is 5.97 Å². The van der Waals surface area contributed by atoms with E-state index in [0.717, 1.165) is 5.56 Å². The fraction of sp³-hybridized carbons (Fsp3) is 0.167. The summed E-state index contributed by atoms with van der Waals surface area (Å²) >= 11 is 0. The fourth-order valence-corrected chi connectivity index (χ4v) is 2.01. The minimum Gasteiger partial charge on any atom is -0.425 e. The first-order valence-electron chi connectivity index (χ1n) is 7.37. The largest absolute Gasteiger partial charge is 0.425 e. The van der Waals surface area contributed by atoms with Crippen molar-refractivity contribution >= 4 is 23.5 Å². The summed E-state index contributed by atoms with van der Waals surface area (Å²) in [6.45, 7) is 3.06. The van der Waals surface area contributed by atoms with E-state index >= 15 is 0 Å². The summed E-state index contributed by atoms with van der Waals surface area (Å²) < 4.78 is 5.14. The number of nitrogens with one attached hydrogen (secondary N) is 2. The summed E-state index contributed by atoms with van der Waals surface area (Å²) in [5, 5.41) is 5.10. The Hall–Kier alpha value is -3.15. The van der Waals surface area contributed by atoms with E-state index in [4.69, 9.17) is 4.74 Å². The van der Waals surface area contributed by atoms with Crippen LogP contribution in [0.5, 0.6) is 5.75 Å². The molecule has 124 valence electrons. The first-order chi connectivity index (χ1) is 11.4. The van der Waals surface area contributed by atoms with Crippen molar-refractivity contribution in [1.82, 2.24) is 5.32 Å². The predicted molar refractivity (Wildman–Crippen MR) is 89.9 cm³/mol. The van der Waals surface area contributed by atoms with Gasteiger partial charge in [0, 0.05) is 18.2 Å². The van der Waals surface area contributed by atoms with Gasteiger partial charge in [0.15, 0.2) is 0 Å². The Balaban J connectivity index is 1.86. The van der Waals surface area contributed by atoms with Crippen molar-refractivity contribution in [2.75, 3.05) is 11.9 Å². The molecule has 2 rings (SSSR count). The van der Waals surface area contributed by atoms with Gasteiger partial charge in [-0.05, 0) is 48.9 Å². The van der Waals surface area contributed by atoms with Crippen LogP contribution in [0.15, 0.2) is 48.5 Å². The van der Waals surface area contributed by atoms with Crippen LogP contribution in [0.2, 0.25) is 0 Å². The molecule has 0 aliphatic carbocycles. The van der Waals surface area contributed by atoms with Crippen molar-refractivity contribution in [2.24, 2.45) is 0 Å². The molecule has 0 saturated carbocycles. The van der Waals surface area contributed by atoms with Crippen molar-refractivity contribution < 1.29 is 19.1 Å². The van der Waals surface area contributed by atoms with Gasteiger partial charge in [0.05, 0.1) is 0 Å². The maximum Gasteiger partial charge on any atom is 0.330 e. The molecule has 0 saturated heterocycles. The Morgan fingerprint density at radius 3 is 2.38 bits per heavy atom. The average molecular weight is 326 g/mol. The van der Waals surface area contributed by atoms with Crippen molar-refractivity contribution in [3.63, 3.8) is 0 Å². The molecule has 2 aromatic rings. The lowest BCUT2D eigenvalue weighted by Crippen LogP contribution is -2.31. The van der Waals surface area contributed by atoms with Crippen molar-refractivity contribution in [2.45, 2.75) is 13.8 Å². The third-order valence-electron chi connectivity index (χ3n) is 3.08. The average Bonchev–Trinajstić information content (AvgIpc) is 2.53. The molecule has 0 aliphatic rings. The molecule has 0 aliphatic heterocycles. The van der Waals surface area contributed by atoms with Gasteiger partial charge in [0.1, 0.15) is 12.3 Å². The van der Waals surface area contributed by atoms with Gasteiger partial charge in [-0.25, -0.2) is 4.79 Å². The molecule has 0 fully saturated rings. The smallest absolute Gasteiger partial charge is 0.330 e. The van der Waals surface area contributed by atoms with E-state index in [9.17, 15) is 14.4 Å². The zero-order valence-corrected chi connectivity index (χ0v) is 13.5. The summed E-state index contributed by atoms with van der Waals surface area (Å²) in [4.78, 5) is 34.7. The maximum absolute atomic E-state index is 12.0. The van der Waals surface area contributed by atoms with E-state index in [2.05, 4.69) is 10.6 Å². The minimum atomic E-state index is -0.552. The van der Waals surface area contributed by atoms with Gasteiger partial charge in [0.25, 0.3) is 5.91 Å². The summed E-state index contributed by atoms with van der Waals surface area (Å²) in [5.74, 6) is -0.700. The van der Waals surface area contributed by atoms with Gasteiger partial charge in [-0.2, -0.15) is 0 Å². The zero-order chi connectivity index (χ0) is 17.5. The van der Waals surface area contributed by atoms with Crippen molar-refractivity contribution in [1.29, 1.82) is 0 Å². The molecule has 0 spiro atoms. The highest BCUT2D eigenvalue weighted by molar-refractivity contribution is 5.97. The molecule has 0 radical (unpaired) electrons. The Kier molecular flexibility index (Phi) is 5.68. The summed E-state index contributed by atoms with van der Waals surface area (Å²) in [6, 6.07) is 13.4. The van der Waals surface area contributed by atoms with Gasteiger partial charge in [-0.15, -0.1) is 0 Å². The van der Waals surface area contributed by atoms with Gasteiger partial charge in [0.2, 0.25) is 5.91 Å². The second kappa shape index (κ2) is 7.92. The van der Waals surface area contributed by atoms with Crippen LogP contribution in [0, 0.1) is 6.92 Å². The summed E-state index contributed by atoms with van der Waals surface area (Å²) in [7, 11) is 0. The molecular formula is C18H18N2O4. The summed E-state index contributed by atoms with van der Waals surface area (Å²) in [6.07, 6.45) is 0. The van der Waals surface area contributed by atoms with E-state index in [-0.39, 0.29) is 12.5 Å². The fourth-order valence-electron chi connectivity index (χ4n) is 2.01. The molecular weight excluding hydrogens is 308 g/mol. The second-order valence-corrected chi connectivity index (χ2v) is 5.23. The molecule has 6 nitrogen and oxygen atoms in total.